The third-order valence-corrected chi connectivity index (χ3v) is 6.29. The summed E-state index contributed by atoms with van der Waals surface area (Å²) in [6.07, 6.45) is 2.12. The molecule has 29 heavy (non-hydrogen) atoms. The first-order chi connectivity index (χ1) is 14.1. The summed E-state index contributed by atoms with van der Waals surface area (Å²) < 4.78 is 2.23. The summed E-state index contributed by atoms with van der Waals surface area (Å²) >= 11 is 13.5. The minimum atomic E-state index is -0.0896. The quantitative estimate of drug-likeness (QED) is 0.337. The van der Waals surface area contributed by atoms with Crippen LogP contribution in [0.5, 0.6) is 0 Å². The van der Waals surface area contributed by atoms with Gasteiger partial charge in [-0.1, -0.05) is 71.7 Å². The molecule has 3 nitrogen and oxygen atoms in total. The SMILES string of the molecule is O=C(CSc1cn(Cc2ccccc2)c2ccccc12)Nc1ccc(Cl)c(Cl)c1. The second kappa shape index (κ2) is 8.95. The van der Waals surface area contributed by atoms with E-state index in [2.05, 4.69) is 40.3 Å². The number of carbonyl (C=O) groups excluding carboxylic acids is 1. The summed E-state index contributed by atoms with van der Waals surface area (Å²) in [6, 6.07) is 23.7. The number of para-hydroxylation sites is 1. The van der Waals surface area contributed by atoms with E-state index in [0.29, 0.717) is 21.5 Å². The second-order valence-corrected chi connectivity index (χ2v) is 8.42. The third kappa shape index (κ3) is 4.78. The normalized spacial score (nSPS) is 11.0. The molecule has 0 unspecified atom stereocenters. The van der Waals surface area contributed by atoms with Crippen LogP contribution >= 0.6 is 35.0 Å². The van der Waals surface area contributed by atoms with Crippen molar-refractivity contribution in [3.63, 3.8) is 0 Å². The van der Waals surface area contributed by atoms with Gasteiger partial charge in [-0.3, -0.25) is 4.79 Å². The maximum atomic E-state index is 12.4. The van der Waals surface area contributed by atoms with Gasteiger partial charge in [0.25, 0.3) is 0 Å². The lowest BCUT2D eigenvalue weighted by Gasteiger charge is -2.06. The van der Waals surface area contributed by atoms with Gasteiger partial charge in [-0.2, -0.15) is 0 Å². The number of hydrogen-bond donors (Lipinski definition) is 1. The highest BCUT2D eigenvalue weighted by Gasteiger charge is 2.12. The van der Waals surface area contributed by atoms with Crippen molar-refractivity contribution in [2.75, 3.05) is 11.1 Å². The van der Waals surface area contributed by atoms with Crippen LogP contribution in [0, 0.1) is 0 Å². The van der Waals surface area contributed by atoms with E-state index in [0.717, 1.165) is 22.3 Å². The fourth-order valence-electron chi connectivity index (χ4n) is 3.15. The highest BCUT2D eigenvalue weighted by Crippen LogP contribution is 2.31. The van der Waals surface area contributed by atoms with Gasteiger partial charge >= 0.3 is 0 Å². The number of carbonyl (C=O) groups is 1. The number of aromatic nitrogens is 1. The zero-order chi connectivity index (χ0) is 20.2. The standard InChI is InChI=1S/C23H18Cl2N2OS/c24-19-11-10-17(12-20(19)25)26-23(28)15-29-22-14-27(13-16-6-2-1-3-7-16)21-9-5-4-8-18(21)22/h1-12,14H,13,15H2,(H,26,28). The Hall–Kier alpha value is -2.40. The van der Waals surface area contributed by atoms with Gasteiger partial charge in [0.1, 0.15) is 0 Å². The van der Waals surface area contributed by atoms with Crippen LogP contribution in [0.25, 0.3) is 10.9 Å². The van der Waals surface area contributed by atoms with Gasteiger partial charge in [-0.05, 0) is 29.8 Å². The molecule has 0 bridgehead atoms. The molecule has 0 aliphatic rings. The van der Waals surface area contributed by atoms with Crippen LogP contribution < -0.4 is 5.32 Å². The summed E-state index contributed by atoms with van der Waals surface area (Å²) in [5, 5.41) is 4.90. The first kappa shape index (κ1) is 19.9. The maximum absolute atomic E-state index is 12.4. The Labute approximate surface area is 183 Å². The predicted molar refractivity (Wildman–Crippen MR) is 123 cm³/mol. The van der Waals surface area contributed by atoms with Crippen LogP contribution in [0.3, 0.4) is 0 Å². The van der Waals surface area contributed by atoms with Gasteiger partial charge in [0.15, 0.2) is 0 Å². The number of benzene rings is 3. The lowest BCUT2D eigenvalue weighted by atomic mass is 10.2. The topological polar surface area (TPSA) is 34.0 Å². The van der Waals surface area contributed by atoms with E-state index in [1.807, 2.05) is 30.3 Å². The molecule has 0 aliphatic carbocycles. The van der Waals surface area contributed by atoms with Crippen LogP contribution in [0.2, 0.25) is 10.0 Å². The molecule has 0 radical (unpaired) electrons. The van der Waals surface area contributed by atoms with Crippen LogP contribution in [-0.2, 0) is 11.3 Å². The Balaban J connectivity index is 1.49. The minimum Gasteiger partial charge on any atom is -0.342 e. The minimum absolute atomic E-state index is 0.0896. The van der Waals surface area contributed by atoms with E-state index in [1.54, 1.807) is 18.2 Å². The Morgan fingerprint density at radius 1 is 0.931 bits per heavy atom. The maximum Gasteiger partial charge on any atom is 0.234 e. The fraction of sp³-hybridized carbons (Fsp3) is 0.0870. The molecule has 1 heterocycles. The summed E-state index contributed by atoms with van der Waals surface area (Å²) in [5.41, 5.74) is 3.03. The first-order valence-electron chi connectivity index (χ1n) is 9.09. The van der Waals surface area contributed by atoms with Crippen molar-refractivity contribution in [3.05, 3.63) is 94.6 Å². The molecule has 0 fully saturated rings. The molecule has 1 aromatic heterocycles. The number of rotatable bonds is 6. The Kier molecular flexibility index (Phi) is 6.14. The molecule has 146 valence electrons. The average Bonchev–Trinajstić information content (AvgIpc) is 3.08. The zero-order valence-corrected chi connectivity index (χ0v) is 17.8. The number of nitrogens with one attached hydrogen (secondary N) is 1. The molecule has 6 heteroatoms. The Bertz CT molecular complexity index is 1160. The van der Waals surface area contributed by atoms with Crippen molar-refractivity contribution in [2.45, 2.75) is 11.4 Å². The van der Waals surface area contributed by atoms with E-state index in [9.17, 15) is 4.79 Å². The molecule has 1 amide bonds. The molecule has 0 aliphatic heterocycles. The molecule has 0 spiro atoms. The lowest BCUT2D eigenvalue weighted by molar-refractivity contribution is -0.113. The van der Waals surface area contributed by atoms with Crippen molar-refractivity contribution in [3.8, 4) is 0 Å². The van der Waals surface area contributed by atoms with Crippen LogP contribution in [0.15, 0.2) is 83.9 Å². The van der Waals surface area contributed by atoms with Gasteiger partial charge in [0.2, 0.25) is 5.91 Å². The molecule has 0 atom stereocenters. The van der Waals surface area contributed by atoms with Gasteiger partial charge < -0.3 is 9.88 Å². The predicted octanol–water partition coefficient (Wildman–Crippen LogP) is 6.73. The first-order valence-corrected chi connectivity index (χ1v) is 10.8. The van der Waals surface area contributed by atoms with Crippen LogP contribution in [-0.4, -0.2) is 16.2 Å². The van der Waals surface area contributed by atoms with E-state index in [4.69, 9.17) is 23.2 Å². The highest BCUT2D eigenvalue weighted by molar-refractivity contribution is 8.00. The molecule has 0 saturated carbocycles. The number of nitrogens with zero attached hydrogens (tertiary/aromatic N) is 1. The van der Waals surface area contributed by atoms with Gasteiger partial charge in [0.05, 0.1) is 15.8 Å². The van der Waals surface area contributed by atoms with Crippen molar-refractivity contribution >= 4 is 57.5 Å². The number of fused-ring (bicyclic) bond motifs is 1. The molecule has 4 aromatic rings. The van der Waals surface area contributed by atoms with E-state index < -0.39 is 0 Å². The Morgan fingerprint density at radius 2 is 1.69 bits per heavy atom. The fourth-order valence-corrected chi connectivity index (χ4v) is 4.34. The number of amides is 1. The number of hydrogen-bond acceptors (Lipinski definition) is 2. The lowest BCUT2D eigenvalue weighted by Crippen LogP contribution is -2.13. The van der Waals surface area contributed by atoms with E-state index in [1.165, 1.54) is 17.3 Å². The highest BCUT2D eigenvalue weighted by atomic mass is 35.5. The number of anilines is 1. The van der Waals surface area contributed by atoms with Gasteiger partial charge in [-0.25, -0.2) is 0 Å². The van der Waals surface area contributed by atoms with E-state index >= 15 is 0 Å². The second-order valence-electron chi connectivity index (χ2n) is 6.59. The smallest absolute Gasteiger partial charge is 0.234 e. The summed E-state index contributed by atoms with van der Waals surface area (Å²) in [6.45, 7) is 0.789. The summed E-state index contributed by atoms with van der Waals surface area (Å²) in [5.74, 6) is 0.216. The summed E-state index contributed by atoms with van der Waals surface area (Å²) in [4.78, 5) is 13.5. The molecule has 1 N–H and O–H groups in total. The zero-order valence-electron chi connectivity index (χ0n) is 15.4. The molecule has 4 rings (SSSR count). The largest absolute Gasteiger partial charge is 0.342 e. The number of halogens is 2. The molecular formula is C23H18Cl2N2OS. The van der Waals surface area contributed by atoms with Crippen molar-refractivity contribution in [1.29, 1.82) is 0 Å². The van der Waals surface area contributed by atoms with E-state index in [-0.39, 0.29) is 5.91 Å². The summed E-state index contributed by atoms with van der Waals surface area (Å²) in [7, 11) is 0. The number of thioether (sulfide) groups is 1. The molecular weight excluding hydrogens is 423 g/mol. The van der Waals surface area contributed by atoms with Crippen molar-refractivity contribution < 1.29 is 4.79 Å². The molecule has 3 aromatic carbocycles. The Morgan fingerprint density at radius 3 is 2.48 bits per heavy atom. The van der Waals surface area contributed by atoms with Crippen LogP contribution in [0.1, 0.15) is 5.56 Å². The van der Waals surface area contributed by atoms with Crippen molar-refractivity contribution in [1.82, 2.24) is 4.57 Å². The molecule has 0 saturated heterocycles. The monoisotopic (exact) mass is 440 g/mol. The van der Waals surface area contributed by atoms with Gasteiger partial charge in [-0.15, -0.1) is 11.8 Å². The van der Waals surface area contributed by atoms with Crippen molar-refractivity contribution in [2.24, 2.45) is 0 Å². The third-order valence-electron chi connectivity index (χ3n) is 4.51. The average molecular weight is 441 g/mol. The van der Waals surface area contributed by atoms with Crippen LogP contribution in [0.4, 0.5) is 5.69 Å². The van der Waals surface area contributed by atoms with Gasteiger partial charge in [0, 0.05) is 34.2 Å².